The van der Waals surface area contributed by atoms with Gasteiger partial charge in [0.05, 0.1) is 40.1 Å². The molecule has 0 radical (unpaired) electrons. The van der Waals surface area contributed by atoms with Crippen molar-refractivity contribution < 1.29 is 6.85 Å². The lowest BCUT2D eigenvalue weighted by molar-refractivity contribution is 1.01. The fourth-order valence-electron chi connectivity index (χ4n) is 8.81. The lowest BCUT2D eigenvalue weighted by Gasteiger charge is -2.13. The average molecular weight is 770 g/mol. The summed E-state index contributed by atoms with van der Waals surface area (Å²) in [6.07, 6.45) is 0. The summed E-state index contributed by atoms with van der Waals surface area (Å²) in [4.78, 5) is 10.5. The van der Waals surface area contributed by atoms with E-state index in [2.05, 4.69) is 137 Å². The third-order valence-electron chi connectivity index (χ3n) is 11.6. The van der Waals surface area contributed by atoms with Crippen LogP contribution in [-0.2, 0) is 0 Å². The second-order valence-electron chi connectivity index (χ2n) is 15.1. The standard InChI is InChI=1S/C56H36N4/c1-4-14-37(15-5-1)39-24-26-40(27-25-39)55-47-21-10-12-22-50(47)57-56(58-55)60-51-23-13-11-20-45(51)46-31-28-43(36-54(46)60)42-30-33-53-49(35-42)48-34-41(38-16-6-2-7-17-38)29-32-52(48)59(53)44-18-8-3-9-19-44/h1-36H/i1D,4D,5D,14D,15D. The van der Waals surface area contributed by atoms with Gasteiger partial charge in [-0.05, 0) is 88.0 Å². The molecule has 0 N–H and O–H groups in total. The topological polar surface area (TPSA) is 35.6 Å². The molecule has 0 atom stereocenters. The second kappa shape index (κ2) is 13.8. The van der Waals surface area contributed by atoms with Gasteiger partial charge in [-0.3, -0.25) is 4.57 Å². The Morgan fingerprint density at radius 2 is 0.867 bits per heavy atom. The SMILES string of the molecule is [2H]c1c([2H])c([2H])c(-c2ccc(-c3nc(-n4c5ccccc5c5ccc(-c6ccc7c(c6)c6cc(-c8ccccc8)ccc6n7-c6ccccc6)cc54)nc4ccccc34)cc2)c([2H])c1[2H]. The summed E-state index contributed by atoms with van der Waals surface area (Å²) in [6.45, 7) is 0. The minimum atomic E-state index is -0.414. The molecule has 3 heterocycles. The van der Waals surface area contributed by atoms with E-state index in [9.17, 15) is 0 Å². The Hall–Kier alpha value is -8.08. The molecule has 4 nitrogen and oxygen atoms in total. The van der Waals surface area contributed by atoms with E-state index in [0.29, 0.717) is 11.5 Å². The third-order valence-corrected chi connectivity index (χ3v) is 11.6. The summed E-state index contributed by atoms with van der Waals surface area (Å²) in [5.41, 5.74) is 12.8. The van der Waals surface area contributed by atoms with Crippen LogP contribution >= 0.6 is 0 Å². The summed E-state index contributed by atoms with van der Waals surface area (Å²) in [5.74, 6) is 0.520. The molecule has 0 saturated heterocycles. The molecule has 280 valence electrons. The Balaban J connectivity index is 1.03. The Kier molecular flexibility index (Phi) is 6.71. The molecule has 12 aromatic rings. The van der Waals surface area contributed by atoms with Crippen molar-refractivity contribution >= 4 is 54.5 Å². The number of hydrogen-bond acceptors (Lipinski definition) is 2. The summed E-state index contributed by atoms with van der Waals surface area (Å²) >= 11 is 0. The molecule has 12 rings (SSSR count). The highest BCUT2D eigenvalue weighted by Gasteiger charge is 2.19. The highest BCUT2D eigenvalue weighted by atomic mass is 15.2. The van der Waals surface area contributed by atoms with E-state index in [0.717, 1.165) is 71.8 Å². The van der Waals surface area contributed by atoms with E-state index in [4.69, 9.17) is 16.8 Å². The van der Waals surface area contributed by atoms with Crippen LogP contribution in [0.1, 0.15) is 6.85 Å². The van der Waals surface area contributed by atoms with Crippen molar-refractivity contribution in [3.05, 3.63) is 218 Å². The minimum Gasteiger partial charge on any atom is -0.309 e. The minimum absolute atomic E-state index is 0.162. The molecular formula is C56H36N4. The van der Waals surface area contributed by atoms with Gasteiger partial charge in [-0.25, -0.2) is 9.97 Å². The van der Waals surface area contributed by atoms with Crippen molar-refractivity contribution in [1.29, 1.82) is 0 Å². The number of para-hydroxylation sites is 3. The second-order valence-corrected chi connectivity index (χ2v) is 15.1. The predicted molar refractivity (Wildman–Crippen MR) is 250 cm³/mol. The van der Waals surface area contributed by atoms with Gasteiger partial charge in [0.2, 0.25) is 5.95 Å². The molecule has 0 bridgehead atoms. The normalized spacial score (nSPS) is 12.8. The van der Waals surface area contributed by atoms with Crippen molar-refractivity contribution in [1.82, 2.24) is 19.1 Å². The van der Waals surface area contributed by atoms with Gasteiger partial charge in [0.1, 0.15) is 0 Å². The molecule has 0 spiro atoms. The molecule has 0 unspecified atom stereocenters. The Labute approximate surface area is 353 Å². The molecular weight excluding hydrogens is 729 g/mol. The van der Waals surface area contributed by atoms with E-state index >= 15 is 0 Å². The van der Waals surface area contributed by atoms with E-state index in [1.165, 1.54) is 21.9 Å². The van der Waals surface area contributed by atoms with Crippen LogP contribution in [0.3, 0.4) is 0 Å². The highest BCUT2D eigenvalue weighted by molar-refractivity contribution is 6.13. The Morgan fingerprint density at radius 1 is 0.333 bits per heavy atom. The monoisotopic (exact) mass is 769 g/mol. The van der Waals surface area contributed by atoms with Gasteiger partial charge in [-0.2, -0.15) is 0 Å². The average Bonchev–Trinajstić information content (AvgIpc) is 3.87. The molecule has 0 fully saturated rings. The third kappa shape index (κ3) is 5.53. The van der Waals surface area contributed by atoms with Crippen LogP contribution in [0.15, 0.2) is 218 Å². The van der Waals surface area contributed by atoms with Crippen LogP contribution in [0.25, 0.3) is 111 Å². The molecule has 0 aliphatic rings. The smallest absolute Gasteiger partial charge is 0.235 e. The van der Waals surface area contributed by atoms with E-state index in [-0.39, 0.29) is 29.7 Å². The quantitative estimate of drug-likeness (QED) is 0.169. The van der Waals surface area contributed by atoms with Crippen LogP contribution in [0.5, 0.6) is 0 Å². The zero-order valence-electron chi connectivity index (χ0n) is 37.2. The fraction of sp³-hybridized carbons (Fsp3) is 0. The maximum absolute atomic E-state index is 8.55. The first-order valence-electron chi connectivity index (χ1n) is 22.5. The fourth-order valence-corrected chi connectivity index (χ4v) is 8.81. The van der Waals surface area contributed by atoms with Crippen molar-refractivity contribution in [3.8, 4) is 56.3 Å². The number of benzene rings is 9. The van der Waals surface area contributed by atoms with Gasteiger partial charge < -0.3 is 4.57 Å². The van der Waals surface area contributed by atoms with E-state index in [1.807, 2.05) is 48.5 Å². The first-order valence-corrected chi connectivity index (χ1v) is 20.0. The van der Waals surface area contributed by atoms with Crippen LogP contribution in [0.2, 0.25) is 0 Å². The van der Waals surface area contributed by atoms with Gasteiger partial charge in [-0.15, -0.1) is 0 Å². The first kappa shape index (κ1) is 29.2. The van der Waals surface area contributed by atoms with Gasteiger partial charge >= 0.3 is 0 Å². The Bertz CT molecular complexity index is 3850. The van der Waals surface area contributed by atoms with Gasteiger partial charge in [-0.1, -0.05) is 164 Å². The maximum Gasteiger partial charge on any atom is 0.235 e. The van der Waals surface area contributed by atoms with Crippen molar-refractivity contribution in [2.24, 2.45) is 0 Å². The molecule has 0 aliphatic heterocycles. The molecule has 0 saturated carbocycles. The number of hydrogen-bond donors (Lipinski definition) is 0. The number of fused-ring (bicyclic) bond motifs is 7. The largest absolute Gasteiger partial charge is 0.309 e. The number of nitrogens with zero attached hydrogens (tertiary/aromatic N) is 4. The van der Waals surface area contributed by atoms with Crippen LogP contribution in [0, 0.1) is 0 Å². The molecule has 60 heavy (non-hydrogen) atoms. The van der Waals surface area contributed by atoms with Crippen molar-refractivity contribution in [2.45, 2.75) is 0 Å². The van der Waals surface area contributed by atoms with E-state index in [1.54, 1.807) is 12.1 Å². The van der Waals surface area contributed by atoms with Crippen LogP contribution < -0.4 is 0 Å². The van der Waals surface area contributed by atoms with E-state index < -0.39 is 6.04 Å². The number of aromatic nitrogens is 4. The first-order chi connectivity index (χ1) is 31.8. The molecule has 3 aromatic heterocycles. The maximum atomic E-state index is 8.55. The zero-order chi connectivity index (χ0) is 43.9. The van der Waals surface area contributed by atoms with Gasteiger partial charge in [0.25, 0.3) is 0 Å². The van der Waals surface area contributed by atoms with Crippen LogP contribution in [0.4, 0.5) is 0 Å². The van der Waals surface area contributed by atoms with Gasteiger partial charge in [0.15, 0.2) is 0 Å². The molecule has 0 amide bonds. The van der Waals surface area contributed by atoms with Gasteiger partial charge in [0, 0.05) is 38.2 Å². The molecule has 9 aromatic carbocycles. The summed E-state index contributed by atoms with van der Waals surface area (Å²) in [5, 5.41) is 5.39. The predicted octanol–water partition coefficient (Wildman–Crippen LogP) is 14.5. The lowest BCUT2D eigenvalue weighted by atomic mass is 9.99. The summed E-state index contributed by atoms with van der Waals surface area (Å²) < 4.78 is 46.1. The molecule has 4 heteroatoms. The highest BCUT2D eigenvalue weighted by Crippen LogP contribution is 2.40. The summed E-state index contributed by atoms with van der Waals surface area (Å²) in [7, 11) is 0. The lowest BCUT2D eigenvalue weighted by Crippen LogP contribution is -2.03. The Morgan fingerprint density at radius 3 is 1.62 bits per heavy atom. The van der Waals surface area contributed by atoms with Crippen molar-refractivity contribution in [2.75, 3.05) is 0 Å². The molecule has 0 aliphatic carbocycles. The van der Waals surface area contributed by atoms with Crippen LogP contribution in [-0.4, -0.2) is 19.1 Å². The van der Waals surface area contributed by atoms with Crippen molar-refractivity contribution in [3.63, 3.8) is 0 Å². The summed E-state index contributed by atoms with van der Waals surface area (Å²) in [6, 6.07) is 63.3. The number of rotatable bonds is 6. The zero-order valence-corrected chi connectivity index (χ0v) is 32.2.